The van der Waals surface area contributed by atoms with Gasteiger partial charge in [0.1, 0.15) is 5.82 Å². The van der Waals surface area contributed by atoms with Crippen LogP contribution in [-0.2, 0) is 0 Å². The summed E-state index contributed by atoms with van der Waals surface area (Å²) in [6.07, 6.45) is 3.39. The molecule has 0 bridgehead atoms. The molecule has 0 aliphatic rings. The monoisotopic (exact) mass is 239 g/mol. The molecular weight excluding hydrogens is 230 g/mol. The van der Waals surface area contributed by atoms with Crippen LogP contribution in [-0.4, -0.2) is 15.0 Å². The molecule has 0 aliphatic heterocycles. The Morgan fingerprint density at radius 3 is 2.39 bits per heavy atom. The fourth-order valence-electron chi connectivity index (χ4n) is 1.64. The summed E-state index contributed by atoms with van der Waals surface area (Å²) < 4.78 is 12.9. The maximum absolute atomic E-state index is 12.9. The molecule has 5 heteroatoms. The first-order valence-electron chi connectivity index (χ1n) is 5.42. The first kappa shape index (κ1) is 10.6. The van der Waals surface area contributed by atoms with E-state index in [1.54, 1.807) is 30.6 Å². The molecule has 0 atom stereocenters. The predicted octanol–water partition coefficient (Wildman–Crippen LogP) is 2.91. The van der Waals surface area contributed by atoms with Crippen molar-refractivity contribution >= 4 is 22.5 Å². The molecule has 4 nitrogen and oxygen atoms in total. The fraction of sp³-hybridized carbons (Fsp3) is 0. The summed E-state index contributed by atoms with van der Waals surface area (Å²) in [6.45, 7) is 0. The predicted molar refractivity (Wildman–Crippen MR) is 67.0 cm³/mol. The van der Waals surface area contributed by atoms with Gasteiger partial charge in [0.05, 0.1) is 11.0 Å². The highest BCUT2D eigenvalue weighted by atomic mass is 18.2. The summed E-state index contributed by atoms with van der Waals surface area (Å²) in [5.41, 5.74) is 2.08. The topological polar surface area (TPSA) is 50.7 Å². The van der Waals surface area contributed by atoms with Gasteiger partial charge in [-0.15, -0.1) is 0 Å². The van der Waals surface area contributed by atoms with Gasteiger partial charge in [-0.05, 0) is 36.4 Å². The summed E-state index contributed by atoms with van der Waals surface area (Å²) in [5.74, 6) is 0.182. The zero-order chi connectivity index (χ0) is 12.4. The SMILES string of the molecule is [18F]c1ccc2nc(Nc3ccncc3)ccc2n1. The van der Waals surface area contributed by atoms with E-state index in [0.29, 0.717) is 16.9 Å². The van der Waals surface area contributed by atoms with Gasteiger partial charge in [0.25, 0.3) is 0 Å². The van der Waals surface area contributed by atoms with E-state index in [-0.39, 0.29) is 0 Å². The summed E-state index contributed by atoms with van der Waals surface area (Å²) in [6, 6.07) is 10.1. The van der Waals surface area contributed by atoms with Gasteiger partial charge in [0.2, 0.25) is 5.95 Å². The molecule has 0 amide bonds. The number of nitrogens with one attached hydrogen (secondary N) is 1. The van der Waals surface area contributed by atoms with E-state index < -0.39 is 5.95 Å². The van der Waals surface area contributed by atoms with E-state index in [9.17, 15) is 4.39 Å². The van der Waals surface area contributed by atoms with Gasteiger partial charge < -0.3 is 5.32 Å². The maximum atomic E-state index is 12.9. The Hall–Kier alpha value is -2.56. The van der Waals surface area contributed by atoms with Crippen molar-refractivity contribution in [3.05, 3.63) is 54.7 Å². The summed E-state index contributed by atoms with van der Waals surface area (Å²) >= 11 is 0. The number of hydrogen-bond acceptors (Lipinski definition) is 4. The largest absolute Gasteiger partial charge is 0.340 e. The molecule has 0 saturated heterocycles. The standard InChI is InChI=1S/C13H9FN4/c14-12-3-1-11-10(17-12)2-4-13(18-11)16-9-5-7-15-8-6-9/h1-8H,(H,15,16,18)/i14-1. The van der Waals surface area contributed by atoms with Crippen LogP contribution in [0.25, 0.3) is 11.0 Å². The van der Waals surface area contributed by atoms with Crippen molar-refractivity contribution in [2.75, 3.05) is 5.32 Å². The number of hydrogen-bond donors (Lipinski definition) is 1. The van der Waals surface area contributed by atoms with Crippen LogP contribution in [0.3, 0.4) is 0 Å². The third kappa shape index (κ3) is 2.10. The molecule has 3 rings (SSSR count). The number of rotatable bonds is 2. The third-order valence-electron chi connectivity index (χ3n) is 2.46. The van der Waals surface area contributed by atoms with Crippen LogP contribution in [0, 0.1) is 5.95 Å². The first-order valence-corrected chi connectivity index (χ1v) is 5.42. The zero-order valence-corrected chi connectivity index (χ0v) is 9.34. The lowest BCUT2D eigenvalue weighted by Crippen LogP contribution is -1.95. The Kier molecular flexibility index (Phi) is 2.57. The molecule has 3 aromatic heterocycles. The minimum atomic E-state index is -0.501. The Morgan fingerprint density at radius 1 is 0.833 bits per heavy atom. The number of halogens is 1. The van der Waals surface area contributed by atoms with Crippen molar-refractivity contribution < 1.29 is 4.39 Å². The normalized spacial score (nSPS) is 10.5. The number of anilines is 2. The number of aromatic nitrogens is 3. The van der Waals surface area contributed by atoms with Crippen molar-refractivity contribution in [3.8, 4) is 0 Å². The first-order chi connectivity index (χ1) is 8.81. The molecule has 0 saturated carbocycles. The lowest BCUT2D eigenvalue weighted by atomic mass is 10.3. The van der Waals surface area contributed by atoms with Crippen molar-refractivity contribution in [3.63, 3.8) is 0 Å². The van der Waals surface area contributed by atoms with E-state index in [4.69, 9.17) is 0 Å². The van der Waals surface area contributed by atoms with Crippen LogP contribution in [0.5, 0.6) is 0 Å². The van der Waals surface area contributed by atoms with Crippen molar-refractivity contribution in [2.45, 2.75) is 0 Å². The average molecular weight is 239 g/mol. The van der Waals surface area contributed by atoms with E-state index in [2.05, 4.69) is 20.3 Å². The fourth-order valence-corrected chi connectivity index (χ4v) is 1.64. The van der Waals surface area contributed by atoms with Gasteiger partial charge in [0, 0.05) is 18.1 Å². The van der Waals surface area contributed by atoms with Crippen molar-refractivity contribution in [1.29, 1.82) is 0 Å². The zero-order valence-electron chi connectivity index (χ0n) is 9.34. The minimum absolute atomic E-state index is 0.501. The second kappa shape index (κ2) is 4.37. The second-order valence-electron chi connectivity index (χ2n) is 3.73. The summed E-state index contributed by atoms with van der Waals surface area (Å²) in [5, 5.41) is 3.14. The molecule has 0 fully saturated rings. The van der Waals surface area contributed by atoms with E-state index in [0.717, 1.165) is 5.69 Å². The Balaban J connectivity index is 1.96. The van der Waals surface area contributed by atoms with Crippen LogP contribution in [0.2, 0.25) is 0 Å². The van der Waals surface area contributed by atoms with E-state index in [1.807, 2.05) is 12.1 Å². The molecule has 0 aromatic carbocycles. The highest BCUT2D eigenvalue weighted by Gasteiger charge is 2.01. The van der Waals surface area contributed by atoms with Crippen LogP contribution in [0.4, 0.5) is 15.9 Å². The molecule has 3 aromatic rings. The van der Waals surface area contributed by atoms with Gasteiger partial charge in [-0.2, -0.15) is 4.39 Å². The molecule has 0 unspecified atom stereocenters. The quantitative estimate of drug-likeness (QED) is 0.698. The third-order valence-corrected chi connectivity index (χ3v) is 2.46. The molecule has 0 spiro atoms. The van der Waals surface area contributed by atoms with Crippen LogP contribution in [0.15, 0.2) is 48.8 Å². The molecule has 18 heavy (non-hydrogen) atoms. The molecule has 88 valence electrons. The highest BCUT2D eigenvalue weighted by Crippen LogP contribution is 2.17. The van der Waals surface area contributed by atoms with E-state index >= 15 is 0 Å². The van der Waals surface area contributed by atoms with Gasteiger partial charge in [-0.1, -0.05) is 0 Å². The van der Waals surface area contributed by atoms with E-state index in [1.165, 1.54) is 6.07 Å². The maximum Gasteiger partial charge on any atom is 0.213 e. The number of nitrogens with zero attached hydrogens (tertiary/aromatic N) is 3. The smallest absolute Gasteiger partial charge is 0.213 e. The minimum Gasteiger partial charge on any atom is -0.340 e. The lowest BCUT2D eigenvalue weighted by Gasteiger charge is -2.05. The molecule has 1 N–H and O–H groups in total. The highest BCUT2D eigenvalue weighted by molar-refractivity contribution is 5.76. The van der Waals surface area contributed by atoms with Gasteiger partial charge in [-0.3, -0.25) is 4.98 Å². The molecule has 3 heterocycles. The van der Waals surface area contributed by atoms with Crippen molar-refractivity contribution in [2.24, 2.45) is 0 Å². The van der Waals surface area contributed by atoms with Crippen molar-refractivity contribution in [1.82, 2.24) is 15.0 Å². The molecular formula is C13H9FN4. The van der Waals surface area contributed by atoms with Gasteiger partial charge >= 0.3 is 0 Å². The Morgan fingerprint density at radius 2 is 1.56 bits per heavy atom. The summed E-state index contributed by atoms with van der Waals surface area (Å²) in [4.78, 5) is 12.0. The van der Waals surface area contributed by atoms with Gasteiger partial charge in [-0.25, -0.2) is 9.97 Å². The summed E-state index contributed by atoms with van der Waals surface area (Å²) in [7, 11) is 0. The van der Waals surface area contributed by atoms with Crippen LogP contribution in [0.1, 0.15) is 0 Å². The Labute approximate surface area is 103 Å². The number of fused-ring (bicyclic) bond motifs is 1. The molecule has 0 radical (unpaired) electrons. The second-order valence-corrected chi connectivity index (χ2v) is 3.73. The number of pyridine rings is 3. The Bertz CT molecular complexity index is 685. The molecule has 0 aliphatic carbocycles. The van der Waals surface area contributed by atoms with Crippen LogP contribution < -0.4 is 5.32 Å². The average Bonchev–Trinajstić information content (AvgIpc) is 2.40. The lowest BCUT2D eigenvalue weighted by molar-refractivity contribution is 0.589. The van der Waals surface area contributed by atoms with Crippen LogP contribution >= 0.6 is 0 Å². The van der Waals surface area contributed by atoms with Gasteiger partial charge in [0.15, 0.2) is 0 Å².